The standard InChI is InChI=1S/C37H57Cl2O4P.Li.H/c1-7-13-17-27(10-4)24-41-30-22-33(42-25-28(11-5)18-14-8-2)36(34(23-30)43-26-29(12-6)19-15-9-3)44-37(40)35-31(38)20-16-21-32(35)39;;/h16,20-23,27-29,44H,7-15,17-19,24-26H2,1-6H3;;. The van der Waals surface area contributed by atoms with Gasteiger partial charge in [-0.2, -0.15) is 0 Å². The van der Waals surface area contributed by atoms with E-state index in [0.717, 1.165) is 62.4 Å². The molecule has 0 aliphatic rings. The molecule has 0 amide bonds. The number of rotatable bonds is 24. The summed E-state index contributed by atoms with van der Waals surface area (Å²) < 4.78 is 19.6. The molecule has 0 bridgehead atoms. The van der Waals surface area contributed by atoms with Gasteiger partial charge in [0.2, 0.25) is 0 Å². The van der Waals surface area contributed by atoms with Gasteiger partial charge in [-0.15, -0.1) is 0 Å². The van der Waals surface area contributed by atoms with Crippen LogP contribution in [-0.4, -0.2) is 44.2 Å². The summed E-state index contributed by atoms with van der Waals surface area (Å²) in [5, 5.41) is 1.47. The van der Waals surface area contributed by atoms with E-state index in [1.165, 1.54) is 25.7 Å². The van der Waals surface area contributed by atoms with Crippen LogP contribution in [0.5, 0.6) is 17.2 Å². The van der Waals surface area contributed by atoms with Gasteiger partial charge in [0.25, 0.3) is 0 Å². The number of halogens is 2. The zero-order valence-electron chi connectivity index (χ0n) is 28.1. The molecule has 2 rings (SSSR count). The summed E-state index contributed by atoms with van der Waals surface area (Å²) in [6, 6.07) is 9.10. The summed E-state index contributed by atoms with van der Waals surface area (Å²) in [6.07, 6.45) is 13.6. The maximum absolute atomic E-state index is 13.8. The molecule has 0 spiro atoms. The van der Waals surface area contributed by atoms with Gasteiger partial charge in [0.05, 0.1) is 40.7 Å². The van der Waals surface area contributed by atoms with Gasteiger partial charge >= 0.3 is 18.9 Å². The molecule has 0 aliphatic heterocycles. The van der Waals surface area contributed by atoms with Crippen LogP contribution in [0.2, 0.25) is 10.0 Å². The van der Waals surface area contributed by atoms with E-state index in [9.17, 15) is 4.79 Å². The molecule has 4 atom stereocenters. The zero-order chi connectivity index (χ0) is 32.3. The summed E-state index contributed by atoms with van der Waals surface area (Å²) in [5.74, 6) is 3.41. The van der Waals surface area contributed by atoms with Crippen LogP contribution >= 0.6 is 31.8 Å². The third-order valence-corrected chi connectivity index (χ3v) is 10.4. The van der Waals surface area contributed by atoms with Crippen molar-refractivity contribution in [2.45, 2.75) is 119 Å². The Morgan fingerprint density at radius 3 is 1.47 bits per heavy atom. The Bertz CT molecular complexity index is 1050. The fourth-order valence-electron chi connectivity index (χ4n) is 5.21. The van der Waals surface area contributed by atoms with Crippen LogP contribution < -0.4 is 19.5 Å². The van der Waals surface area contributed by atoms with Crippen LogP contribution in [0.1, 0.15) is 129 Å². The molecule has 8 heteroatoms. The van der Waals surface area contributed by atoms with Gasteiger partial charge in [0.15, 0.2) is 5.52 Å². The van der Waals surface area contributed by atoms with Gasteiger partial charge in [-0.25, -0.2) is 0 Å². The molecule has 0 saturated heterocycles. The molecule has 0 heterocycles. The van der Waals surface area contributed by atoms with E-state index >= 15 is 0 Å². The molecule has 250 valence electrons. The average Bonchev–Trinajstić information content (AvgIpc) is 3.02. The Labute approximate surface area is 298 Å². The van der Waals surface area contributed by atoms with Gasteiger partial charge in [-0.05, 0) is 57.7 Å². The predicted molar refractivity (Wildman–Crippen MR) is 199 cm³/mol. The number of hydrogen-bond donors (Lipinski definition) is 0. The van der Waals surface area contributed by atoms with Crippen molar-refractivity contribution in [3.05, 3.63) is 45.9 Å². The van der Waals surface area contributed by atoms with Crippen LogP contribution in [0.3, 0.4) is 0 Å². The zero-order valence-corrected chi connectivity index (χ0v) is 30.6. The van der Waals surface area contributed by atoms with Crippen molar-refractivity contribution < 1.29 is 19.0 Å². The molecule has 4 unspecified atom stereocenters. The number of carbonyl (C=O) groups is 1. The first kappa shape index (κ1) is 42.1. The van der Waals surface area contributed by atoms with Crippen LogP contribution in [0.4, 0.5) is 0 Å². The van der Waals surface area contributed by atoms with Gasteiger partial charge in [-0.1, -0.05) is 129 Å². The minimum atomic E-state index is -0.263. The monoisotopic (exact) mass is 674 g/mol. The number of benzene rings is 2. The van der Waals surface area contributed by atoms with Crippen LogP contribution in [-0.2, 0) is 0 Å². The van der Waals surface area contributed by atoms with E-state index in [1.807, 2.05) is 12.1 Å². The third-order valence-electron chi connectivity index (χ3n) is 8.53. The Hall–Kier alpha value is -0.883. The topological polar surface area (TPSA) is 44.8 Å². The van der Waals surface area contributed by atoms with Crippen molar-refractivity contribution in [1.82, 2.24) is 0 Å². The average molecular weight is 676 g/mol. The van der Waals surface area contributed by atoms with Gasteiger partial charge in [-0.3, -0.25) is 4.79 Å². The Balaban J connectivity index is 0.0000101. The first-order valence-electron chi connectivity index (χ1n) is 17.1. The molecule has 0 radical (unpaired) electrons. The van der Waals surface area contributed by atoms with Gasteiger partial charge in [0, 0.05) is 12.1 Å². The molecule has 0 aliphatic carbocycles. The molecule has 0 aromatic heterocycles. The summed E-state index contributed by atoms with van der Waals surface area (Å²) in [7, 11) is -0.263. The van der Waals surface area contributed by atoms with E-state index < -0.39 is 0 Å². The van der Waals surface area contributed by atoms with Crippen LogP contribution in [0.25, 0.3) is 0 Å². The number of unbranched alkanes of at least 4 members (excludes halogenated alkanes) is 3. The van der Waals surface area contributed by atoms with E-state index in [-0.39, 0.29) is 33.0 Å². The number of carbonyl (C=O) groups excluding carboxylic acids is 1. The van der Waals surface area contributed by atoms with E-state index in [0.29, 0.717) is 64.7 Å². The Morgan fingerprint density at radius 2 is 1.09 bits per heavy atom. The van der Waals surface area contributed by atoms with E-state index in [1.54, 1.807) is 18.2 Å². The molecule has 0 N–H and O–H groups in total. The second kappa shape index (κ2) is 24.3. The normalized spacial score (nSPS) is 13.3. The molecule has 4 nitrogen and oxygen atoms in total. The molecule has 0 fully saturated rings. The molecule has 2 aromatic carbocycles. The summed E-state index contributed by atoms with van der Waals surface area (Å²) in [4.78, 5) is 13.8. The second-order valence-corrected chi connectivity index (χ2v) is 14.0. The van der Waals surface area contributed by atoms with Crippen molar-refractivity contribution in [2.75, 3.05) is 19.8 Å². The first-order chi connectivity index (χ1) is 21.3. The molecule has 0 saturated carbocycles. The van der Waals surface area contributed by atoms with Crippen LogP contribution in [0, 0.1) is 17.8 Å². The van der Waals surface area contributed by atoms with Crippen molar-refractivity contribution >= 4 is 61.5 Å². The summed E-state index contributed by atoms with van der Waals surface area (Å²) in [6.45, 7) is 15.1. The predicted octanol–water partition coefficient (Wildman–Crippen LogP) is 11.3. The van der Waals surface area contributed by atoms with Crippen molar-refractivity contribution in [2.24, 2.45) is 17.8 Å². The van der Waals surface area contributed by atoms with Crippen molar-refractivity contribution in [1.29, 1.82) is 0 Å². The van der Waals surface area contributed by atoms with E-state index in [4.69, 9.17) is 37.4 Å². The van der Waals surface area contributed by atoms with Crippen molar-refractivity contribution in [3.8, 4) is 17.2 Å². The van der Waals surface area contributed by atoms with Crippen molar-refractivity contribution in [3.63, 3.8) is 0 Å². The number of hydrogen-bond acceptors (Lipinski definition) is 4. The van der Waals surface area contributed by atoms with E-state index in [2.05, 4.69) is 41.5 Å². The number of ether oxygens (including phenoxy) is 3. The first-order valence-corrected chi connectivity index (χ1v) is 18.9. The fourth-order valence-corrected chi connectivity index (χ4v) is 7.10. The molecular formula is C37H58Cl2LiO4P. The third kappa shape index (κ3) is 14.8. The Morgan fingerprint density at radius 1 is 0.689 bits per heavy atom. The quantitative estimate of drug-likeness (QED) is 0.0821. The molecule has 2 aromatic rings. The Kier molecular flexibility index (Phi) is 22.7. The molecule has 45 heavy (non-hydrogen) atoms. The minimum absolute atomic E-state index is 0. The van der Waals surface area contributed by atoms with Gasteiger partial charge < -0.3 is 14.2 Å². The SMILES string of the molecule is CCCCC(CC)COc1cc(OCC(CC)CCCC)c(PC(=O)c2c(Cl)cccc2Cl)c(OCC(CC)CCCC)c1.[LiH]. The summed E-state index contributed by atoms with van der Waals surface area (Å²) in [5.41, 5.74) is 0.211. The maximum atomic E-state index is 13.8. The molecular weight excluding hydrogens is 617 g/mol. The fraction of sp³-hybridized carbons (Fsp3) is 0.649. The second-order valence-electron chi connectivity index (χ2n) is 12.0. The summed E-state index contributed by atoms with van der Waals surface area (Å²) >= 11 is 12.9. The van der Waals surface area contributed by atoms with Crippen LogP contribution in [0.15, 0.2) is 30.3 Å². The van der Waals surface area contributed by atoms with Gasteiger partial charge in [0.1, 0.15) is 17.2 Å².